The van der Waals surface area contributed by atoms with E-state index in [4.69, 9.17) is 14.6 Å². The van der Waals surface area contributed by atoms with Crippen molar-refractivity contribution in [2.75, 3.05) is 7.11 Å². The molecule has 0 saturated heterocycles. The average molecular weight is 224 g/mol. The molecule has 0 aliphatic rings. The number of hydrogen-bond acceptors (Lipinski definition) is 4. The van der Waals surface area contributed by atoms with E-state index in [1.807, 2.05) is 0 Å². The van der Waals surface area contributed by atoms with Gasteiger partial charge < -0.3 is 14.6 Å². The number of carboxylic acid groups (broad SMARTS) is 1. The van der Waals surface area contributed by atoms with Gasteiger partial charge in [0.2, 0.25) is 6.10 Å². The van der Waals surface area contributed by atoms with Crippen LogP contribution in [0.15, 0.2) is 24.3 Å². The number of carbonyl (C=O) groups excluding carboxylic acids is 1. The van der Waals surface area contributed by atoms with Crippen molar-refractivity contribution < 1.29 is 24.2 Å². The Hall–Kier alpha value is -2.04. The van der Waals surface area contributed by atoms with E-state index >= 15 is 0 Å². The zero-order valence-electron chi connectivity index (χ0n) is 8.97. The van der Waals surface area contributed by atoms with Crippen molar-refractivity contribution in [3.63, 3.8) is 0 Å². The number of carbonyl (C=O) groups is 2. The fourth-order valence-corrected chi connectivity index (χ4v) is 1.23. The molecule has 5 nitrogen and oxygen atoms in total. The first-order valence-corrected chi connectivity index (χ1v) is 4.58. The summed E-state index contributed by atoms with van der Waals surface area (Å²) in [4.78, 5) is 21.7. The summed E-state index contributed by atoms with van der Waals surface area (Å²) in [5, 5.41) is 8.92. The van der Waals surface area contributed by atoms with Gasteiger partial charge in [0, 0.05) is 12.5 Å². The molecule has 16 heavy (non-hydrogen) atoms. The number of benzene rings is 1. The van der Waals surface area contributed by atoms with Gasteiger partial charge in [-0.1, -0.05) is 12.1 Å². The minimum absolute atomic E-state index is 0.363. The molecule has 0 bridgehead atoms. The molecule has 0 radical (unpaired) electrons. The molecule has 0 aliphatic carbocycles. The molecule has 0 aliphatic heterocycles. The molecule has 0 heterocycles. The summed E-state index contributed by atoms with van der Waals surface area (Å²) in [5.74, 6) is -1.35. The summed E-state index contributed by atoms with van der Waals surface area (Å²) >= 11 is 0. The van der Waals surface area contributed by atoms with Gasteiger partial charge in [-0.05, 0) is 12.1 Å². The molecule has 5 heteroatoms. The second kappa shape index (κ2) is 5.16. The van der Waals surface area contributed by atoms with Crippen molar-refractivity contribution in [1.29, 1.82) is 0 Å². The topological polar surface area (TPSA) is 72.8 Å². The molecule has 1 N–H and O–H groups in total. The highest BCUT2D eigenvalue weighted by Crippen LogP contribution is 2.22. The summed E-state index contributed by atoms with van der Waals surface area (Å²) in [6, 6.07) is 6.38. The van der Waals surface area contributed by atoms with Crippen molar-refractivity contribution in [2.45, 2.75) is 13.0 Å². The van der Waals surface area contributed by atoms with Gasteiger partial charge >= 0.3 is 11.9 Å². The first-order chi connectivity index (χ1) is 7.54. The molecule has 0 fully saturated rings. The molecular formula is C11H12O5. The lowest BCUT2D eigenvalue weighted by Crippen LogP contribution is -2.17. The number of aliphatic carboxylic acids is 1. The SMILES string of the molecule is COc1cccc(C(OC(C)=O)C(=O)O)c1. The van der Waals surface area contributed by atoms with Gasteiger partial charge in [-0.15, -0.1) is 0 Å². The van der Waals surface area contributed by atoms with Crippen LogP contribution in [0.5, 0.6) is 5.75 Å². The summed E-state index contributed by atoms with van der Waals surface area (Å²) in [7, 11) is 1.47. The van der Waals surface area contributed by atoms with Gasteiger partial charge in [-0.3, -0.25) is 4.79 Å². The number of methoxy groups -OCH3 is 1. The molecule has 1 unspecified atom stereocenters. The predicted octanol–water partition coefficient (Wildman–Crippen LogP) is 1.38. The van der Waals surface area contributed by atoms with Crippen LogP contribution in [0, 0.1) is 0 Å². The Morgan fingerprint density at radius 2 is 2.06 bits per heavy atom. The third-order valence-corrected chi connectivity index (χ3v) is 1.90. The predicted molar refractivity (Wildman–Crippen MR) is 55.1 cm³/mol. The van der Waals surface area contributed by atoms with E-state index in [1.165, 1.54) is 13.2 Å². The van der Waals surface area contributed by atoms with Crippen molar-refractivity contribution in [2.24, 2.45) is 0 Å². The Balaban J connectivity index is 3.00. The normalized spacial score (nSPS) is 11.6. The highest BCUT2D eigenvalue weighted by molar-refractivity contribution is 5.78. The van der Waals surface area contributed by atoms with Crippen LogP contribution >= 0.6 is 0 Å². The third kappa shape index (κ3) is 2.98. The first-order valence-electron chi connectivity index (χ1n) is 4.58. The van der Waals surface area contributed by atoms with Gasteiger partial charge in [0.25, 0.3) is 0 Å². The highest BCUT2D eigenvalue weighted by atomic mass is 16.6. The Morgan fingerprint density at radius 3 is 2.56 bits per heavy atom. The Labute approximate surface area is 92.6 Å². The number of ether oxygens (including phenoxy) is 2. The van der Waals surface area contributed by atoms with Gasteiger partial charge in [-0.2, -0.15) is 0 Å². The van der Waals surface area contributed by atoms with Crippen LogP contribution in [0.25, 0.3) is 0 Å². The van der Waals surface area contributed by atoms with Crippen molar-refractivity contribution in [3.05, 3.63) is 29.8 Å². The van der Waals surface area contributed by atoms with Crippen LogP contribution in [0.1, 0.15) is 18.6 Å². The van der Waals surface area contributed by atoms with Crippen molar-refractivity contribution >= 4 is 11.9 Å². The van der Waals surface area contributed by atoms with Crippen molar-refractivity contribution in [1.82, 2.24) is 0 Å². The lowest BCUT2D eigenvalue weighted by Gasteiger charge is -2.13. The van der Waals surface area contributed by atoms with E-state index in [1.54, 1.807) is 18.2 Å². The quantitative estimate of drug-likeness (QED) is 0.782. The second-order valence-electron chi connectivity index (χ2n) is 3.10. The van der Waals surface area contributed by atoms with E-state index in [-0.39, 0.29) is 0 Å². The summed E-state index contributed by atoms with van der Waals surface area (Å²) in [5.41, 5.74) is 0.363. The van der Waals surface area contributed by atoms with E-state index in [0.717, 1.165) is 6.92 Å². The molecule has 0 saturated carbocycles. The molecule has 86 valence electrons. The van der Waals surface area contributed by atoms with E-state index in [9.17, 15) is 9.59 Å². The number of carboxylic acids is 1. The van der Waals surface area contributed by atoms with Gasteiger partial charge in [0.1, 0.15) is 5.75 Å². The first kappa shape index (κ1) is 12.0. The van der Waals surface area contributed by atoms with Gasteiger partial charge in [0.15, 0.2) is 0 Å². The highest BCUT2D eigenvalue weighted by Gasteiger charge is 2.23. The average Bonchev–Trinajstić information content (AvgIpc) is 2.25. The third-order valence-electron chi connectivity index (χ3n) is 1.90. The molecular weight excluding hydrogens is 212 g/mol. The van der Waals surface area contributed by atoms with Crippen molar-refractivity contribution in [3.8, 4) is 5.75 Å². The Morgan fingerprint density at radius 1 is 1.38 bits per heavy atom. The Bertz CT molecular complexity index is 399. The Kier molecular flexibility index (Phi) is 3.88. The van der Waals surface area contributed by atoms with Crippen LogP contribution in [0.3, 0.4) is 0 Å². The molecule has 1 aromatic carbocycles. The zero-order valence-corrected chi connectivity index (χ0v) is 8.97. The zero-order chi connectivity index (χ0) is 12.1. The standard InChI is InChI=1S/C11H12O5/c1-7(12)16-10(11(13)14)8-4-3-5-9(6-8)15-2/h3-6,10H,1-2H3,(H,13,14). The van der Waals surface area contributed by atoms with E-state index in [0.29, 0.717) is 11.3 Å². The number of hydrogen-bond donors (Lipinski definition) is 1. The largest absolute Gasteiger partial charge is 0.497 e. The maximum Gasteiger partial charge on any atom is 0.349 e. The minimum atomic E-state index is -1.30. The van der Waals surface area contributed by atoms with E-state index in [2.05, 4.69) is 0 Å². The molecule has 0 amide bonds. The van der Waals surface area contributed by atoms with Crippen LogP contribution in [-0.2, 0) is 14.3 Å². The number of esters is 1. The van der Waals surface area contributed by atoms with E-state index < -0.39 is 18.0 Å². The lowest BCUT2D eigenvalue weighted by atomic mass is 10.1. The molecule has 1 atom stereocenters. The van der Waals surface area contributed by atoms with Gasteiger partial charge in [0.05, 0.1) is 7.11 Å². The molecule has 1 aromatic rings. The maximum atomic E-state index is 10.9. The minimum Gasteiger partial charge on any atom is -0.497 e. The van der Waals surface area contributed by atoms with Crippen LogP contribution in [0.4, 0.5) is 0 Å². The lowest BCUT2D eigenvalue weighted by molar-refractivity contribution is -0.163. The van der Waals surface area contributed by atoms with Crippen LogP contribution in [0.2, 0.25) is 0 Å². The monoisotopic (exact) mass is 224 g/mol. The summed E-state index contributed by atoms with van der Waals surface area (Å²) < 4.78 is 9.66. The van der Waals surface area contributed by atoms with Gasteiger partial charge in [-0.25, -0.2) is 4.79 Å². The fourth-order valence-electron chi connectivity index (χ4n) is 1.23. The smallest absolute Gasteiger partial charge is 0.349 e. The number of rotatable bonds is 4. The molecule has 0 aromatic heterocycles. The maximum absolute atomic E-state index is 10.9. The molecule has 0 spiro atoms. The van der Waals surface area contributed by atoms with Crippen LogP contribution in [-0.4, -0.2) is 24.2 Å². The second-order valence-corrected chi connectivity index (χ2v) is 3.10. The molecule has 1 rings (SSSR count). The summed E-state index contributed by atoms with van der Waals surface area (Å²) in [6.07, 6.45) is -1.30. The fraction of sp³-hybridized carbons (Fsp3) is 0.273. The van der Waals surface area contributed by atoms with Crippen LogP contribution < -0.4 is 4.74 Å². The summed E-state index contributed by atoms with van der Waals surface area (Å²) in [6.45, 7) is 1.16.